The van der Waals surface area contributed by atoms with Crippen molar-refractivity contribution < 1.29 is 9.15 Å². The fourth-order valence-corrected chi connectivity index (χ4v) is 2.16. The van der Waals surface area contributed by atoms with Crippen LogP contribution in [0.5, 0.6) is 5.75 Å². The van der Waals surface area contributed by atoms with Crippen molar-refractivity contribution in [3.63, 3.8) is 0 Å². The molecule has 0 amide bonds. The lowest BCUT2D eigenvalue weighted by Gasteiger charge is -2.04. The third-order valence-corrected chi connectivity index (χ3v) is 3.11. The summed E-state index contributed by atoms with van der Waals surface area (Å²) < 4.78 is 11.5. The Hall–Kier alpha value is -1.88. The summed E-state index contributed by atoms with van der Waals surface area (Å²) in [5, 5.41) is 11.3. The average Bonchev–Trinajstić information content (AvgIpc) is 3.04. The number of fused-ring (bicyclic) bond motifs is 1. The number of ether oxygens (including phenoxy) is 1. The molecule has 2 heterocycles. The van der Waals surface area contributed by atoms with E-state index in [0.29, 0.717) is 18.3 Å². The van der Waals surface area contributed by atoms with E-state index in [2.05, 4.69) is 28.5 Å². The highest BCUT2D eigenvalue weighted by molar-refractivity contribution is 5.37. The van der Waals surface area contributed by atoms with E-state index in [9.17, 15) is 0 Å². The first kappa shape index (κ1) is 12.2. The molecule has 0 saturated carbocycles. The zero-order valence-corrected chi connectivity index (χ0v) is 10.9. The van der Waals surface area contributed by atoms with E-state index in [1.54, 1.807) is 0 Å². The molecule has 100 valence electrons. The number of nitrogens with one attached hydrogen (secondary N) is 1. The molecule has 0 fully saturated rings. The first-order valence-corrected chi connectivity index (χ1v) is 6.64. The monoisotopic (exact) mass is 259 g/mol. The SMILES string of the molecule is CCCNCc1nnc(C2Cc3ccccc3O2)o1. The maximum Gasteiger partial charge on any atom is 0.257 e. The average molecular weight is 259 g/mol. The van der Waals surface area contributed by atoms with Crippen LogP contribution in [0.25, 0.3) is 0 Å². The van der Waals surface area contributed by atoms with Crippen LogP contribution < -0.4 is 10.1 Å². The summed E-state index contributed by atoms with van der Waals surface area (Å²) in [5.74, 6) is 2.09. The zero-order valence-electron chi connectivity index (χ0n) is 10.9. The summed E-state index contributed by atoms with van der Waals surface area (Å²) in [5.41, 5.74) is 1.19. The Morgan fingerprint density at radius 1 is 1.32 bits per heavy atom. The Labute approximate surface area is 112 Å². The third-order valence-electron chi connectivity index (χ3n) is 3.11. The Morgan fingerprint density at radius 3 is 3.05 bits per heavy atom. The molecule has 0 aliphatic carbocycles. The molecule has 1 unspecified atom stereocenters. The van der Waals surface area contributed by atoms with Crippen LogP contribution in [-0.2, 0) is 13.0 Å². The smallest absolute Gasteiger partial charge is 0.257 e. The number of hydrogen-bond donors (Lipinski definition) is 1. The predicted octanol–water partition coefficient (Wildman–Crippen LogP) is 2.25. The van der Waals surface area contributed by atoms with E-state index < -0.39 is 0 Å². The van der Waals surface area contributed by atoms with Gasteiger partial charge in [0.25, 0.3) is 5.89 Å². The fourth-order valence-electron chi connectivity index (χ4n) is 2.16. The van der Waals surface area contributed by atoms with Gasteiger partial charge in [-0.25, -0.2) is 0 Å². The van der Waals surface area contributed by atoms with E-state index in [1.165, 1.54) is 5.56 Å². The molecule has 0 spiro atoms. The number of rotatable bonds is 5. The normalized spacial score (nSPS) is 17.2. The summed E-state index contributed by atoms with van der Waals surface area (Å²) in [4.78, 5) is 0. The lowest BCUT2D eigenvalue weighted by molar-refractivity contribution is 0.194. The van der Waals surface area contributed by atoms with E-state index in [1.807, 2.05) is 18.2 Å². The summed E-state index contributed by atoms with van der Waals surface area (Å²) in [6.07, 6.45) is 1.73. The van der Waals surface area contributed by atoms with E-state index in [0.717, 1.165) is 25.1 Å². The predicted molar refractivity (Wildman–Crippen MR) is 69.8 cm³/mol. The number of aromatic nitrogens is 2. The van der Waals surface area contributed by atoms with Crippen LogP contribution in [0, 0.1) is 0 Å². The highest BCUT2D eigenvalue weighted by atomic mass is 16.5. The first-order valence-electron chi connectivity index (χ1n) is 6.64. The lowest BCUT2D eigenvalue weighted by Crippen LogP contribution is -2.13. The molecule has 5 heteroatoms. The van der Waals surface area contributed by atoms with Gasteiger partial charge in [0.05, 0.1) is 6.54 Å². The fraction of sp³-hybridized carbons (Fsp3) is 0.429. The Balaban J connectivity index is 1.65. The zero-order chi connectivity index (χ0) is 13.1. The highest BCUT2D eigenvalue weighted by Gasteiger charge is 2.28. The molecule has 0 bridgehead atoms. The van der Waals surface area contributed by atoms with E-state index in [-0.39, 0.29) is 6.10 Å². The van der Waals surface area contributed by atoms with Gasteiger partial charge in [0.15, 0.2) is 6.10 Å². The maximum atomic E-state index is 5.82. The number of hydrogen-bond acceptors (Lipinski definition) is 5. The first-order chi connectivity index (χ1) is 9.36. The number of benzene rings is 1. The molecule has 0 radical (unpaired) electrons. The molecule has 1 aliphatic heterocycles. The molecule has 2 aromatic rings. The van der Waals surface area contributed by atoms with Crippen LogP contribution in [0.4, 0.5) is 0 Å². The molecular formula is C14H17N3O2. The van der Waals surface area contributed by atoms with Gasteiger partial charge in [0.2, 0.25) is 5.89 Å². The number of nitrogens with zero attached hydrogens (tertiary/aromatic N) is 2. The van der Waals surface area contributed by atoms with Gasteiger partial charge in [0, 0.05) is 6.42 Å². The molecule has 1 aliphatic rings. The van der Waals surface area contributed by atoms with E-state index in [4.69, 9.17) is 9.15 Å². The van der Waals surface area contributed by atoms with E-state index >= 15 is 0 Å². The Kier molecular flexibility index (Phi) is 3.46. The minimum absolute atomic E-state index is 0.148. The van der Waals surface area contributed by atoms with Crippen LogP contribution in [0.3, 0.4) is 0 Å². The van der Waals surface area contributed by atoms with Gasteiger partial charge in [-0.05, 0) is 24.6 Å². The van der Waals surface area contributed by atoms with Crippen molar-refractivity contribution in [3.8, 4) is 5.75 Å². The summed E-state index contributed by atoms with van der Waals surface area (Å²) in [6, 6.07) is 8.01. The van der Waals surface area contributed by atoms with Crippen molar-refractivity contribution in [2.75, 3.05) is 6.54 Å². The lowest BCUT2D eigenvalue weighted by atomic mass is 10.1. The van der Waals surface area contributed by atoms with Gasteiger partial charge in [-0.3, -0.25) is 0 Å². The van der Waals surface area contributed by atoms with Crippen LogP contribution in [-0.4, -0.2) is 16.7 Å². The molecule has 5 nitrogen and oxygen atoms in total. The largest absolute Gasteiger partial charge is 0.480 e. The standard InChI is InChI=1S/C14H17N3O2/c1-2-7-15-9-13-16-17-14(19-13)12-8-10-5-3-4-6-11(10)18-12/h3-6,12,15H,2,7-9H2,1H3. The quantitative estimate of drug-likeness (QED) is 0.834. The van der Waals surface area contributed by atoms with Crippen LogP contribution >= 0.6 is 0 Å². The summed E-state index contributed by atoms with van der Waals surface area (Å²) >= 11 is 0. The Morgan fingerprint density at radius 2 is 2.21 bits per heavy atom. The molecule has 1 aromatic heterocycles. The van der Waals surface area contributed by atoms with Gasteiger partial charge in [-0.2, -0.15) is 0 Å². The molecule has 19 heavy (non-hydrogen) atoms. The second-order valence-corrected chi connectivity index (χ2v) is 4.63. The van der Waals surface area contributed by atoms with Crippen molar-refractivity contribution in [2.24, 2.45) is 0 Å². The van der Waals surface area contributed by atoms with Crippen LogP contribution in [0.1, 0.15) is 36.8 Å². The summed E-state index contributed by atoms with van der Waals surface area (Å²) in [7, 11) is 0. The van der Waals surface area contributed by atoms with Gasteiger partial charge >= 0.3 is 0 Å². The van der Waals surface area contributed by atoms with Crippen LogP contribution in [0.15, 0.2) is 28.7 Å². The summed E-state index contributed by atoms with van der Waals surface area (Å²) in [6.45, 7) is 3.68. The second kappa shape index (κ2) is 5.40. The number of para-hydroxylation sites is 1. The minimum atomic E-state index is -0.148. The van der Waals surface area contributed by atoms with Crippen molar-refractivity contribution in [2.45, 2.75) is 32.4 Å². The highest BCUT2D eigenvalue weighted by Crippen LogP contribution is 2.35. The molecule has 1 atom stereocenters. The molecule has 3 rings (SSSR count). The van der Waals surface area contributed by atoms with Crippen molar-refractivity contribution in [1.82, 2.24) is 15.5 Å². The second-order valence-electron chi connectivity index (χ2n) is 4.63. The van der Waals surface area contributed by atoms with Gasteiger partial charge in [-0.1, -0.05) is 25.1 Å². The van der Waals surface area contributed by atoms with Gasteiger partial charge in [-0.15, -0.1) is 10.2 Å². The third kappa shape index (κ3) is 2.61. The molecule has 1 N–H and O–H groups in total. The minimum Gasteiger partial charge on any atom is -0.480 e. The maximum absolute atomic E-state index is 5.82. The topological polar surface area (TPSA) is 60.2 Å². The van der Waals surface area contributed by atoms with Crippen molar-refractivity contribution in [1.29, 1.82) is 0 Å². The molecule has 1 aromatic carbocycles. The molecule has 0 saturated heterocycles. The van der Waals surface area contributed by atoms with Crippen LogP contribution in [0.2, 0.25) is 0 Å². The van der Waals surface area contributed by atoms with Crippen molar-refractivity contribution in [3.05, 3.63) is 41.6 Å². The van der Waals surface area contributed by atoms with Gasteiger partial charge in [0.1, 0.15) is 5.75 Å². The molecular weight excluding hydrogens is 242 g/mol. The van der Waals surface area contributed by atoms with Gasteiger partial charge < -0.3 is 14.5 Å². The Bertz CT molecular complexity index is 528. The van der Waals surface area contributed by atoms with Crippen molar-refractivity contribution >= 4 is 0 Å².